The van der Waals surface area contributed by atoms with Crippen LogP contribution in [0, 0.1) is 0 Å². The Morgan fingerprint density at radius 3 is 3.28 bits per heavy atom. The van der Waals surface area contributed by atoms with Gasteiger partial charge in [0.1, 0.15) is 17.1 Å². The summed E-state index contributed by atoms with van der Waals surface area (Å²) in [6.07, 6.45) is 3.79. The molecule has 0 spiro atoms. The fourth-order valence-electron chi connectivity index (χ4n) is 2.98. The van der Waals surface area contributed by atoms with Crippen molar-refractivity contribution in [2.75, 3.05) is 38.6 Å². The molecule has 2 aromatic rings. The minimum Gasteiger partial charge on any atom is -0.374 e. The molecule has 4 heterocycles. The molecule has 2 aromatic heterocycles. The van der Waals surface area contributed by atoms with Crippen LogP contribution in [-0.2, 0) is 4.74 Å². The molecular formula is C17H19N5O2S. The van der Waals surface area contributed by atoms with Crippen LogP contribution in [0.5, 0.6) is 0 Å². The average molecular weight is 357 g/mol. The molecule has 2 aliphatic heterocycles. The summed E-state index contributed by atoms with van der Waals surface area (Å²) in [7, 11) is 2.10. The van der Waals surface area contributed by atoms with Crippen molar-refractivity contribution in [2.45, 2.75) is 12.5 Å². The van der Waals surface area contributed by atoms with Crippen LogP contribution in [0.15, 0.2) is 22.6 Å². The Kier molecular flexibility index (Phi) is 4.56. The number of pyridine rings is 1. The van der Waals surface area contributed by atoms with Crippen LogP contribution < -0.4 is 5.32 Å². The van der Waals surface area contributed by atoms with Crippen LogP contribution in [0.1, 0.15) is 16.8 Å². The molecule has 0 bridgehead atoms. The highest BCUT2D eigenvalue weighted by Gasteiger charge is 2.21. The topological polar surface area (TPSA) is 79.7 Å². The Balaban J connectivity index is 1.50. The van der Waals surface area contributed by atoms with Gasteiger partial charge in [0.05, 0.1) is 12.7 Å². The van der Waals surface area contributed by atoms with Gasteiger partial charge in [0, 0.05) is 49.4 Å². The van der Waals surface area contributed by atoms with E-state index < -0.39 is 0 Å². The highest BCUT2D eigenvalue weighted by molar-refractivity contribution is 7.14. The number of fused-ring (bicyclic) bond motifs is 1. The zero-order valence-electron chi connectivity index (χ0n) is 13.9. The molecular weight excluding hydrogens is 338 g/mol. The number of hydrogen-bond donors (Lipinski definition) is 1. The van der Waals surface area contributed by atoms with Crippen LogP contribution in [0.2, 0.25) is 0 Å². The molecule has 4 rings (SSSR count). The van der Waals surface area contributed by atoms with E-state index >= 15 is 0 Å². The lowest BCUT2D eigenvalue weighted by Gasteiger charge is -2.29. The van der Waals surface area contributed by atoms with Gasteiger partial charge in [-0.2, -0.15) is 0 Å². The van der Waals surface area contributed by atoms with Crippen molar-refractivity contribution >= 4 is 34.2 Å². The second-order valence-corrected chi connectivity index (χ2v) is 7.03. The smallest absolute Gasteiger partial charge is 0.183 e. The molecule has 130 valence electrons. The van der Waals surface area contributed by atoms with Gasteiger partial charge >= 0.3 is 0 Å². The van der Waals surface area contributed by atoms with Crippen molar-refractivity contribution in [3.63, 3.8) is 0 Å². The monoisotopic (exact) mass is 357 g/mol. The zero-order chi connectivity index (χ0) is 17.2. The van der Waals surface area contributed by atoms with Gasteiger partial charge in [-0.3, -0.25) is 14.8 Å². The Morgan fingerprint density at radius 1 is 1.48 bits per heavy atom. The largest absolute Gasteiger partial charge is 0.374 e. The van der Waals surface area contributed by atoms with Crippen LogP contribution in [-0.4, -0.2) is 66.3 Å². The number of rotatable bonds is 4. The number of nitrogens with one attached hydrogen (secondary N) is 1. The van der Waals surface area contributed by atoms with E-state index in [1.165, 1.54) is 11.3 Å². The second kappa shape index (κ2) is 6.99. The normalized spacial score (nSPS) is 20.5. The SMILES string of the molecule is CN1CCOC(CNc2nc(-c3nccc4c3N=CCC4=O)cs2)C1. The summed E-state index contributed by atoms with van der Waals surface area (Å²) in [4.78, 5) is 27.6. The lowest BCUT2D eigenvalue weighted by Crippen LogP contribution is -2.43. The average Bonchev–Trinajstić information content (AvgIpc) is 3.09. The summed E-state index contributed by atoms with van der Waals surface area (Å²) in [5.41, 5.74) is 2.62. The molecule has 1 saturated heterocycles. The van der Waals surface area contributed by atoms with Crippen LogP contribution in [0.4, 0.5) is 10.8 Å². The van der Waals surface area contributed by atoms with Crippen molar-refractivity contribution in [1.29, 1.82) is 0 Å². The Hall–Kier alpha value is -2.16. The van der Waals surface area contributed by atoms with Crippen LogP contribution in [0.25, 0.3) is 11.4 Å². The van der Waals surface area contributed by atoms with E-state index in [1.807, 2.05) is 5.38 Å². The molecule has 7 nitrogen and oxygen atoms in total. The molecule has 0 radical (unpaired) electrons. The first-order valence-corrected chi connectivity index (χ1v) is 9.13. The molecule has 8 heteroatoms. The van der Waals surface area contributed by atoms with E-state index in [4.69, 9.17) is 4.74 Å². The van der Waals surface area contributed by atoms with Gasteiger partial charge in [0.15, 0.2) is 10.9 Å². The van der Waals surface area contributed by atoms with Crippen LogP contribution in [0.3, 0.4) is 0 Å². The van der Waals surface area contributed by atoms with E-state index in [9.17, 15) is 4.79 Å². The number of carbonyl (C=O) groups excluding carboxylic acids is 1. The molecule has 1 fully saturated rings. The minimum absolute atomic E-state index is 0.0702. The van der Waals surface area contributed by atoms with Gasteiger partial charge in [0.25, 0.3) is 0 Å². The highest BCUT2D eigenvalue weighted by Crippen LogP contribution is 2.35. The maximum absolute atomic E-state index is 12.0. The molecule has 0 aliphatic carbocycles. The van der Waals surface area contributed by atoms with Gasteiger partial charge in [-0.25, -0.2) is 4.98 Å². The number of anilines is 1. The third-order valence-electron chi connectivity index (χ3n) is 4.29. The summed E-state index contributed by atoms with van der Waals surface area (Å²) >= 11 is 1.52. The third kappa shape index (κ3) is 3.46. The summed E-state index contributed by atoms with van der Waals surface area (Å²) in [6, 6.07) is 1.72. The number of likely N-dealkylation sites (N-methyl/N-ethyl adjacent to an activating group) is 1. The molecule has 1 N–H and O–H groups in total. The fraction of sp³-hybridized carbons (Fsp3) is 0.412. The first kappa shape index (κ1) is 16.3. The predicted octanol–water partition coefficient (Wildman–Crippen LogP) is 2.24. The summed E-state index contributed by atoms with van der Waals surface area (Å²) in [5, 5.41) is 6.09. The van der Waals surface area contributed by atoms with E-state index in [0.29, 0.717) is 29.9 Å². The zero-order valence-corrected chi connectivity index (χ0v) is 14.8. The van der Waals surface area contributed by atoms with Crippen molar-refractivity contribution in [1.82, 2.24) is 14.9 Å². The Bertz CT molecular complexity index is 819. The standard InChI is InChI=1S/C17H19N5O2S/c1-22-6-7-24-11(9-22)8-20-17-21-13(10-25-17)16-15-12(2-4-19-16)14(23)3-5-18-15/h2,4-5,10-11H,3,6-9H2,1H3,(H,20,21). The molecule has 2 aliphatic rings. The number of Topliss-reactive ketones (excluding diaryl/α,β-unsaturated/α-hetero) is 1. The number of ether oxygens (including phenoxy) is 1. The number of aromatic nitrogens is 2. The number of nitrogens with zero attached hydrogens (tertiary/aromatic N) is 4. The van der Waals surface area contributed by atoms with E-state index in [0.717, 1.165) is 30.5 Å². The third-order valence-corrected chi connectivity index (χ3v) is 5.09. The van der Waals surface area contributed by atoms with Crippen molar-refractivity contribution in [2.24, 2.45) is 4.99 Å². The van der Waals surface area contributed by atoms with E-state index in [2.05, 4.69) is 32.2 Å². The number of morpholine rings is 1. The first-order valence-electron chi connectivity index (χ1n) is 8.25. The Labute approximate surface area is 149 Å². The quantitative estimate of drug-likeness (QED) is 0.904. The number of thiazole rings is 1. The minimum atomic E-state index is 0.0702. The van der Waals surface area contributed by atoms with Crippen molar-refractivity contribution in [3.8, 4) is 11.4 Å². The molecule has 0 amide bonds. The van der Waals surface area contributed by atoms with Crippen molar-refractivity contribution < 1.29 is 9.53 Å². The van der Waals surface area contributed by atoms with Crippen LogP contribution >= 0.6 is 11.3 Å². The summed E-state index contributed by atoms with van der Waals surface area (Å²) < 4.78 is 5.75. The second-order valence-electron chi connectivity index (χ2n) is 6.17. The molecule has 0 saturated carbocycles. The van der Waals surface area contributed by atoms with E-state index in [-0.39, 0.29) is 11.9 Å². The lowest BCUT2D eigenvalue weighted by molar-refractivity contribution is -0.0117. The number of ketones is 1. The summed E-state index contributed by atoms with van der Waals surface area (Å²) in [6.45, 7) is 3.37. The molecule has 25 heavy (non-hydrogen) atoms. The molecule has 0 aromatic carbocycles. The number of aliphatic imine (C=N–C) groups is 1. The summed E-state index contributed by atoms with van der Waals surface area (Å²) in [5.74, 6) is 0.0702. The maximum Gasteiger partial charge on any atom is 0.183 e. The van der Waals surface area contributed by atoms with E-state index in [1.54, 1.807) is 18.5 Å². The number of hydrogen-bond acceptors (Lipinski definition) is 8. The molecule has 1 unspecified atom stereocenters. The van der Waals surface area contributed by atoms with Gasteiger partial charge in [-0.1, -0.05) is 0 Å². The lowest BCUT2D eigenvalue weighted by atomic mass is 10.0. The number of carbonyl (C=O) groups is 1. The van der Waals surface area contributed by atoms with Gasteiger partial charge in [-0.05, 0) is 13.1 Å². The molecule has 1 atom stereocenters. The highest BCUT2D eigenvalue weighted by atomic mass is 32.1. The van der Waals surface area contributed by atoms with Gasteiger partial charge in [0.2, 0.25) is 0 Å². The van der Waals surface area contributed by atoms with Gasteiger partial charge in [-0.15, -0.1) is 11.3 Å². The van der Waals surface area contributed by atoms with Gasteiger partial charge < -0.3 is 15.0 Å². The van der Waals surface area contributed by atoms with Crippen molar-refractivity contribution in [3.05, 3.63) is 23.2 Å². The fourth-order valence-corrected chi connectivity index (χ4v) is 3.69. The Morgan fingerprint density at radius 2 is 2.40 bits per heavy atom. The predicted molar refractivity (Wildman–Crippen MR) is 98.2 cm³/mol. The maximum atomic E-state index is 12.0. The first-order chi connectivity index (χ1) is 12.2.